The van der Waals surface area contributed by atoms with Crippen molar-refractivity contribution in [3.05, 3.63) is 87.0 Å². The van der Waals surface area contributed by atoms with Crippen LogP contribution < -0.4 is 30.9 Å². The van der Waals surface area contributed by atoms with Crippen molar-refractivity contribution in [2.24, 2.45) is 0 Å². The van der Waals surface area contributed by atoms with E-state index in [0.29, 0.717) is 70.3 Å². The van der Waals surface area contributed by atoms with Crippen molar-refractivity contribution in [1.82, 2.24) is 25.1 Å². The number of aromatic nitrogens is 2. The summed E-state index contributed by atoms with van der Waals surface area (Å²) in [5.41, 5.74) is 5.00. The van der Waals surface area contributed by atoms with Crippen molar-refractivity contribution in [1.29, 1.82) is 0 Å². The highest BCUT2D eigenvalue weighted by molar-refractivity contribution is 9.10. The van der Waals surface area contributed by atoms with E-state index in [9.17, 15) is 18.9 Å². The Bertz CT molecular complexity index is 2210. The Morgan fingerprint density at radius 1 is 1.04 bits per heavy atom. The number of hydrogen-bond donors (Lipinski definition) is 3. The summed E-state index contributed by atoms with van der Waals surface area (Å²) in [6.07, 6.45) is 4.01. The van der Waals surface area contributed by atoms with Gasteiger partial charge in [-0.1, -0.05) is 45.7 Å². The molecule has 288 valence electrons. The second-order valence-electron chi connectivity index (χ2n) is 14.5. The third kappa shape index (κ3) is 8.38. The Kier molecular flexibility index (Phi) is 11.2. The largest absolute Gasteiger partial charge is 0.494 e. The average Bonchev–Trinajstić information content (AvgIpc) is 3.47. The summed E-state index contributed by atoms with van der Waals surface area (Å²) in [4.78, 5) is 52.7. The first-order valence-corrected chi connectivity index (χ1v) is 21.9. The number of ether oxygens (including phenoxy) is 1. The van der Waals surface area contributed by atoms with Crippen LogP contribution in [0, 0.1) is 0 Å². The van der Waals surface area contributed by atoms with Crippen LogP contribution in [0.3, 0.4) is 0 Å². The Balaban J connectivity index is 0.969. The van der Waals surface area contributed by atoms with E-state index in [1.54, 1.807) is 25.3 Å². The van der Waals surface area contributed by atoms with Crippen LogP contribution >= 0.6 is 34.7 Å². The molecule has 0 saturated carbocycles. The van der Waals surface area contributed by atoms with E-state index in [1.165, 1.54) is 6.20 Å². The molecule has 1 aromatic heterocycles. The Labute approximate surface area is 333 Å². The number of nitrogens with one attached hydrogen (secondary N) is 3. The number of anilines is 5. The molecule has 16 heteroatoms. The maximum absolute atomic E-state index is 13.3. The van der Waals surface area contributed by atoms with E-state index in [1.807, 2.05) is 42.5 Å². The highest BCUT2D eigenvalue weighted by Gasteiger charge is 2.39. The quantitative estimate of drug-likeness (QED) is 0.112. The third-order valence-electron chi connectivity index (χ3n) is 10.5. The van der Waals surface area contributed by atoms with Crippen LogP contribution in [0.2, 0.25) is 5.02 Å². The van der Waals surface area contributed by atoms with Gasteiger partial charge in [-0.2, -0.15) is 4.98 Å². The summed E-state index contributed by atoms with van der Waals surface area (Å²) in [6, 6.07) is 17.1. The smallest absolute Gasteiger partial charge is 0.255 e. The van der Waals surface area contributed by atoms with Crippen LogP contribution in [0.1, 0.15) is 47.2 Å². The van der Waals surface area contributed by atoms with Crippen LogP contribution in [-0.2, 0) is 27.2 Å². The number of rotatable bonds is 11. The molecular weight excluding hydrogens is 807 g/mol. The summed E-state index contributed by atoms with van der Waals surface area (Å²) in [5, 5.41) is 9.90. The minimum Gasteiger partial charge on any atom is -0.494 e. The van der Waals surface area contributed by atoms with E-state index < -0.39 is 19.1 Å². The number of fused-ring (bicyclic) bond motifs is 1. The van der Waals surface area contributed by atoms with Crippen molar-refractivity contribution in [2.75, 3.05) is 56.1 Å². The van der Waals surface area contributed by atoms with Gasteiger partial charge >= 0.3 is 0 Å². The van der Waals surface area contributed by atoms with Gasteiger partial charge in [0, 0.05) is 65.7 Å². The molecule has 3 aromatic carbocycles. The van der Waals surface area contributed by atoms with E-state index >= 15 is 0 Å². The molecule has 0 spiro atoms. The van der Waals surface area contributed by atoms with Gasteiger partial charge in [-0.05, 0) is 81.1 Å². The van der Waals surface area contributed by atoms with Crippen LogP contribution in [0.15, 0.2) is 65.3 Å². The predicted molar refractivity (Wildman–Crippen MR) is 219 cm³/mol. The number of halogens is 2. The van der Waals surface area contributed by atoms with Gasteiger partial charge in [-0.15, -0.1) is 0 Å². The van der Waals surface area contributed by atoms with Gasteiger partial charge in [0.1, 0.15) is 24.0 Å². The van der Waals surface area contributed by atoms with Gasteiger partial charge < -0.3 is 29.7 Å². The van der Waals surface area contributed by atoms with Gasteiger partial charge in [-0.3, -0.25) is 24.6 Å². The molecule has 0 radical (unpaired) electrons. The van der Waals surface area contributed by atoms with Gasteiger partial charge in [0.2, 0.25) is 17.8 Å². The van der Waals surface area contributed by atoms with Crippen molar-refractivity contribution in [3.8, 4) is 5.75 Å². The Morgan fingerprint density at radius 3 is 2.53 bits per heavy atom. The van der Waals surface area contributed by atoms with Gasteiger partial charge in [0.05, 0.1) is 24.7 Å². The number of hydrogen-bond acceptors (Lipinski definition) is 11. The molecule has 3 aliphatic heterocycles. The van der Waals surface area contributed by atoms with E-state index in [4.69, 9.17) is 16.3 Å². The first kappa shape index (κ1) is 38.8. The SMILES string of the molecule is COc1cc(N2CCC(N(C)Cc3cc4c(cc3Br)C(=O)N(C3CCC(=O)NC3=O)C4)CC2)ccc1Nc1ncc(Cl)c(Nc2ccccc2P(C)(C)=O)n1. The van der Waals surface area contributed by atoms with Crippen LogP contribution in [0.5, 0.6) is 5.75 Å². The molecule has 0 aliphatic carbocycles. The summed E-state index contributed by atoms with van der Waals surface area (Å²) in [6.45, 7) is 6.23. The maximum atomic E-state index is 13.3. The molecule has 0 bridgehead atoms. The molecule has 2 saturated heterocycles. The standard InChI is InChI=1S/C39H43BrClN8O5P/c1-47(21-24-17-23-22-49(38(52)27(23)19-28(24)40)32-11-12-35(50)45-37(32)51)25-13-15-48(16-14-25)26-9-10-30(33(18-26)54-2)44-39-42-20-29(41)36(46-39)43-31-7-5-6-8-34(31)55(3,4)53/h5-10,17-20,25,32H,11-16,21-22H2,1-4H3,(H,45,50,51)(H2,42,43,44,46). The third-order valence-corrected chi connectivity index (χ3v) is 13.0. The molecule has 2 fully saturated rings. The predicted octanol–water partition coefficient (Wildman–Crippen LogP) is 6.50. The summed E-state index contributed by atoms with van der Waals surface area (Å²) in [5.74, 6) is 0.472. The van der Waals surface area contributed by atoms with Crippen LogP contribution in [0.4, 0.5) is 28.8 Å². The monoisotopic (exact) mass is 848 g/mol. The van der Waals surface area contributed by atoms with Gasteiger partial charge in [0.15, 0.2) is 5.82 Å². The van der Waals surface area contributed by atoms with Crippen molar-refractivity contribution < 1.29 is 23.7 Å². The van der Waals surface area contributed by atoms with E-state index in [-0.39, 0.29) is 18.2 Å². The number of methoxy groups -OCH3 is 1. The van der Waals surface area contributed by atoms with E-state index in [2.05, 4.69) is 70.8 Å². The number of para-hydroxylation sites is 1. The zero-order chi connectivity index (χ0) is 39.0. The number of nitrogens with zero attached hydrogens (tertiary/aromatic N) is 5. The number of imide groups is 1. The number of carbonyl (C=O) groups is 3. The second-order valence-corrected chi connectivity index (χ2v) is 19.0. The number of amides is 3. The number of carbonyl (C=O) groups excluding carboxylic acids is 3. The lowest BCUT2D eigenvalue weighted by Gasteiger charge is -2.38. The lowest BCUT2D eigenvalue weighted by Crippen LogP contribution is -2.52. The minimum absolute atomic E-state index is 0.178. The molecule has 4 aromatic rings. The average molecular weight is 850 g/mol. The molecule has 3 aliphatic rings. The van der Waals surface area contributed by atoms with Crippen molar-refractivity contribution in [3.63, 3.8) is 0 Å². The molecule has 3 amide bonds. The Hall–Kier alpha value is -4.49. The Morgan fingerprint density at radius 2 is 1.80 bits per heavy atom. The van der Waals surface area contributed by atoms with Gasteiger partial charge in [0.25, 0.3) is 5.91 Å². The zero-order valence-corrected chi connectivity index (χ0v) is 34.3. The van der Waals surface area contributed by atoms with E-state index in [0.717, 1.165) is 47.2 Å². The molecule has 13 nitrogen and oxygen atoms in total. The first-order chi connectivity index (χ1) is 26.3. The number of piperidine rings is 2. The fourth-order valence-corrected chi connectivity index (χ4v) is 9.28. The van der Waals surface area contributed by atoms with Crippen molar-refractivity contribution in [2.45, 2.75) is 50.9 Å². The number of benzene rings is 3. The lowest BCUT2D eigenvalue weighted by atomic mass is 10.0. The molecule has 4 heterocycles. The highest BCUT2D eigenvalue weighted by Crippen LogP contribution is 2.39. The molecule has 3 N–H and O–H groups in total. The van der Waals surface area contributed by atoms with Crippen molar-refractivity contribution >= 4 is 86.5 Å². The summed E-state index contributed by atoms with van der Waals surface area (Å²) in [7, 11) is 1.21. The van der Waals surface area contributed by atoms with Gasteiger partial charge in [-0.25, -0.2) is 4.98 Å². The molecule has 1 atom stereocenters. The van der Waals surface area contributed by atoms with Crippen LogP contribution in [0.25, 0.3) is 0 Å². The first-order valence-electron chi connectivity index (χ1n) is 18.1. The maximum Gasteiger partial charge on any atom is 0.255 e. The zero-order valence-electron chi connectivity index (χ0n) is 31.1. The van der Waals surface area contributed by atoms with Crippen LogP contribution in [-0.4, -0.2) is 90.1 Å². The second kappa shape index (κ2) is 15.9. The minimum atomic E-state index is -2.56. The fourth-order valence-electron chi connectivity index (χ4n) is 7.52. The summed E-state index contributed by atoms with van der Waals surface area (Å²) >= 11 is 10.2. The molecular formula is C39H43BrClN8O5P. The fraction of sp³-hybridized carbons (Fsp3) is 0.359. The summed E-state index contributed by atoms with van der Waals surface area (Å²) < 4.78 is 19.5. The molecule has 55 heavy (non-hydrogen) atoms. The topological polar surface area (TPSA) is 149 Å². The molecule has 7 rings (SSSR count). The normalized spacial score (nSPS) is 17.7. The lowest BCUT2D eigenvalue weighted by molar-refractivity contribution is -0.136. The highest BCUT2D eigenvalue weighted by atomic mass is 79.9. The molecule has 1 unspecified atom stereocenters.